The van der Waals surface area contributed by atoms with E-state index in [0.717, 1.165) is 64.2 Å². The highest BCUT2D eigenvalue weighted by molar-refractivity contribution is 6.09. The maximum atomic E-state index is 13.0. The Morgan fingerprint density at radius 2 is 1.74 bits per heavy atom. The number of anilines is 1. The SMILES string of the molecule is O=C(CNCC12CCC(C(=O)O)(CC1)CC2)c1ncnc2c(NC(=O)C3CCCCC3)c[nH]c12. The monoisotopic (exact) mass is 467 g/mol. The van der Waals surface area contributed by atoms with Crippen LogP contribution in [-0.4, -0.2) is 50.8 Å². The molecule has 9 nitrogen and oxygen atoms in total. The van der Waals surface area contributed by atoms with Crippen molar-refractivity contribution in [3.05, 3.63) is 18.2 Å². The number of hydrogen-bond acceptors (Lipinski definition) is 6. The maximum Gasteiger partial charge on any atom is 0.309 e. The number of aromatic nitrogens is 3. The van der Waals surface area contributed by atoms with Crippen LogP contribution in [0.5, 0.6) is 0 Å². The molecule has 9 heteroatoms. The molecule has 0 saturated heterocycles. The summed E-state index contributed by atoms with van der Waals surface area (Å²) in [5.74, 6) is -0.746. The highest BCUT2D eigenvalue weighted by Gasteiger charge is 2.52. The molecule has 2 aromatic rings. The lowest BCUT2D eigenvalue weighted by Crippen LogP contribution is -2.50. The Balaban J connectivity index is 1.20. The molecule has 34 heavy (non-hydrogen) atoms. The van der Waals surface area contributed by atoms with Crippen LogP contribution in [0, 0.1) is 16.7 Å². The van der Waals surface area contributed by atoms with Crippen molar-refractivity contribution in [3.8, 4) is 0 Å². The zero-order valence-electron chi connectivity index (χ0n) is 19.5. The average Bonchev–Trinajstić information content (AvgIpc) is 3.28. The van der Waals surface area contributed by atoms with Gasteiger partial charge in [-0.3, -0.25) is 14.4 Å². The van der Waals surface area contributed by atoms with Gasteiger partial charge < -0.3 is 20.7 Å². The molecule has 0 spiro atoms. The van der Waals surface area contributed by atoms with Gasteiger partial charge in [0.25, 0.3) is 0 Å². The van der Waals surface area contributed by atoms with E-state index in [4.69, 9.17) is 0 Å². The second-order valence-electron chi connectivity index (χ2n) is 10.6. The average molecular weight is 468 g/mol. The number of carbonyl (C=O) groups excluding carboxylic acids is 2. The Morgan fingerprint density at radius 1 is 1.03 bits per heavy atom. The van der Waals surface area contributed by atoms with E-state index in [9.17, 15) is 19.5 Å². The van der Waals surface area contributed by atoms with Gasteiger partial charge in [-0.25, -0.2) is 9.97 Å². The summed E-state index contributed by atoms with van der Waals surface area (Å²) in [5.41, 5.74) is 1.53. The predicted molar refractivity (Wildman–Crippen MR) is 126 cm³/mol. The van der Waals surface area contributed by atoms with E-state index >= 15 is 0 Å². The smallest absolute Gasteiger partial charge is 0.309 e. The molecule has 2 bridgehead atoms. The molecule has 0 aliphatic heterocycles. The minimum Gasteiger partial charge on any atom is -0.481 e. The molecular formula is C25H33N5O4. The number of Topliss-reactive ketones (excluding diaryl/α,β-unsaturated/α-hetero) is 1. The van der Waals surface area contributed by atoms with Crippen molar-refractivity contribution in [1.29, 1.82) is 0 Å². The molecule has 1 amide bonds. The lowest BCUT2D eigenvalue weighted by atomic mass is 9.53. The van der Waals surface area contributed by atoms with Crippen molar-refractivity contribution in [1.82, 2.24) is 20.3 Å². The van der Waals surface area contributed by atoms with Crippen LogP contribution in [0.3, 0.4) is 0 Å². The third-order valence-electron chi connectivity index (χ3n) is 8.60. The predicted octanol–water partition coefficient (Wildman–Crippen LogP) is 3.67. The van der Waals surface area contributed by atoms with Crippen molar-refractivity contribution < 1.29 is 19.5 Å². The van der Waals surface area contributed by atoms with Gasteiger partial charge in [0.15, 0.2) is 5.78 Å². The Bertz CT molecular complexity index is 1080. The number of nitrogens with one attached hydrogen (secondary N) is 3. The first-order valence-electron chi connectivity index (χ1n) is 12.5. The Morgan fingerprint density at radius 3 is 2.41 bits per heavy atom. The first kappa shape index (κ1) is 23.0. The number of H-pyrrole nitrogens is 1. The van der Waals surface area contributed by atoms with Gasteiger partial charge in [0, 0.05) is 18.7 Å². The summed E-state index contributed by atoms with van der Waals surface area (Å²) in [7, 11) is 0. The number of ketones is 1. The van der Waals surface area contributed by atoms with Crippen LogP contribution in [0.15, 0.2) is 12.5 Å². The van der Waals surface area contributed by atoms with Gasteiger partial charge in [-0.1, -0.05) is 19.3 Å². The van der Waals surface area contributed by atoms with Crippen molar-refractivity contribution in [2.75, 3.05) is 18.4 Å². The second kappa shape index (κ2) is 9.09. The molecule has 0 radical (unpaired) electrons. The number of aromatic amines is 1. The zero-order valence-corrected chi connectivity index (χ0v) is 19.5. The fourth-order valence-electron chi connectivity index (χ4n) is 6.22. The number of fused-ring (bicyclic) bond motifs is 4. The van der Waals surface area contributed by atoms with E-state index in [1.54, 1.807) is 6.20 Å². The van der Waals surface area contributed by atoms with Gasteiger partial charge in [0.05, 0.1) is 23.2 Å². The molecule has 0 aromatic carbocycles. The van der Waals surface area contributed by atoms with E-state index in [1.165, 1.54) is 12.7 Å². The quantitative estimate of drug-likeness (QED) is 0.435. The summed E-state index contributed by atoms with van der Waals surface area (Å²) in [6.07, 6.45) is 13.1. The molecule has 2 heterocycles. The second-order valence-corrected chi connectivity index (χ2v) is 10.6. The summed E-state index contributed by atoms with van der Waals surface area (Å²) in [6.45, 7) is 0.858. The first-order valence-corrected chi connectivity index (χ1v) is 12.5. The van der Waals surface area contributed by atoms with E-state index < -0.39 is 11.4 Å². The topological polar surface area (TPSA) is 137 Å². The molecule has 4 aliphatic rings. The lowest BCUT2D eigenvalue weighted by Gasteiger charge is -2.51. The van der Waals surface area contributed by atoms with Gasteiger partial charge >= 0.3 is 5.97 Å². The van der Waals surface area contributed by atoms with Crippen molar-refractivity contribution in [2.24, 2.45) is 16.7 Å². The van der Waals surface area contributed by atoms with Crippen LogP contribution in [0.25, 0.3) is 11.0 Å². The van der Waals surface area contributed by atoms with E-state index in [2.05, 4.69) is 25.6 Å². The summed E-state index contributed by atoms with van der Waals surface area (Å²) >= 11 is 0. The van der Waals surface area contributed by atoms with Gasteiger partial charge in [-0.2, -0.15) is 0 Å². The van der Waals surface area contributed by atoms with Crippen LogP contribution in [-0.2, 0) is 9.59 Å². The van der Waals surface area contributed by atoms with Crippen molar-refractivity contribution in [3.63, 3.8) is 0 Å². The van der Waals surface area contributed by atoms with Crippen LogP contribution in [0.1, 0.15) is 81.1 Å². The highest BCUT2D eigenvalue weighted by Crippen LogP contribution is 2.56. The number of aliphatic carboxylic acids is 1. The van der Waals surface area contributed by atoms with Gasteiger partial charge in [-0.05, 0) is 56.8 Å². The normalized spacial score (nSPS) is 27.1. The molecular weight excluding hydrogens is 434 g/mol. The van der Waals surface area contributed by atoms with Crippen LogP contribution < -0.4 is 10.6 Å². The zero-order chi connectivity index (χ0) is 23.8. The number of amides is 1. The van der Waals surface area contributed by atoms with Crippen LogP contribution >= 0.6 is 0 Å². The minimum absolute atomic E-state index is 0.0138. The van der Waals surface area contributed by atoms with Gasteiger partial charge in [-0.15, -0.1) is 0 Å². The number of carboxylic acid groups (broad SMARTS) is 1. The molecule has 4 saturated carbocycles. The Hall–Kier alpha value is -2.81. The largest absolute Gasteiger partial charge is 0.481 e. The Kier molecular flexibility index (Phi) is 6.14. The molecule has 4 fully saturated rings. The number of nitrogens with zero attached hydrogens (tertiary/aromatic N) is 2. The summed E-state index contributed by atoms with van der Waals surface area (Å²) in [4.78, 5) is 48.9. The number of hydrogen-bond donors (Lipinski definition) is 4. The molecule has 2 aromatic heterocycles. The minimum atomic E-state index is -0.656. The number of carboxylic acids is 1. The fourth-order valence-corrected chi connectivity index (χ4v) is 6.22. The fraction of sp³-hybridized carbons (Fsp3) is 0.640. The van der Waals surface area contributed by atoms with E-state index in [-0.39, 0.29) is 29.6 Å². The van der Waals surface area contributed by atoms with Crippen molar-refractivity contribution in [2.45, 2.75) is 70.6 Å². The maximum absolute atomic E-state index is 13.0. The third-order valence-corrected chi connectivity index (χ3v) is 8.60. The van der Waals surface area contributed by atoms with Crippen molar-refractivity contribution >= 4 is 34.4 Å². The van der Waals surface area contributed by atoms with Gasteiger partial charge in [0.2, 0.25) is 5.91 Å². The van der Waals surface area contributed by atoms with Crippen LogP contribution in [0.4, 0.5) is 5.69 Å². The van der Waals surface area contributed by atoms with E-state index in [0.29, 0.717) is 29.0 Å². The van der Waals surface area contributed by atoms with Gasteiger partial charge in [0.1, 0.15) is 17.5 Å². The molecule has 4 aliphatic carbocycles. The summed E-state index contributed by atoms with van der Waals surface area (Å²) in [6, 6.07) is 0. The highest BCUT2D eigenvalue weighted by atomic mass is 16.4. The molecule has 0 unspecified atom stereocenters. The molecule has 182 valence electrons. The molecule has 6 rings (SSSR count). The van der Waals surface area contributed by atoms with Crippen LogP contribution in [0.2, 0.25) is 0 Å². The molecule has 0 atom stereocenters. The number of carbonyl (C=O) groups is 3. The summed E-state index contributed by atoms with van der Waals surface area (Å²) in [5, 5.41) is 15.9. The lowest BCUT2D eigenvalue weighted by molar-refractivity contribution is -0.158. The van der Waals surface area contributed by atoms with E-state index in [1.807, 2.05) is 0 Å². The first-order chi connectivity index (χ1) is 16.4. The number of rotatable bonds is 8. The Labute approximate surface area is 198 Å². The standard InChI is InChI=1S/C25H33N5O4/c31-18(13-26-14-24-6-9-25(10-7-24,11-8-24)23(33)34)20-21-19(28-15-29-20)17(12-27-21)30-22(32)16-4-2-1-3-5-16/h12,15-16,26-27H,1-11,13-14H2,(H,30,32)(H,33,34). The third kappa shape index (κ3) is 4.21. The molecule has 4 N–H and O–H groups in total. The summed E-state index contributed by atoms with van der Waals surface area (Å²) < 4.78 is 0.